The van der Waals surface area contributed by atoms with E-state index >= 15 is 0 Å². The number of rotatable bonds is 5. The van der Waals surface area contributed by atoms with Gasteiger partial charge in [-0.25, -0.2) is 4.79 Å². The molecule has 0 spiro atoms. The second-order valence-electron chi connectivity index (χ2n) is 5.70. The monoisotopic (exact) mass is 312 g/mol. The molecule has 120 valence electrons. The Morgan fingerprint density at radius 3 is 1.87 bits per heavy atom. The van der Waals surface area contributed by atoms with E-state index in [1.54, 1.807) is 12.1 Å². The number of hydrogen-bond donors (Lipinski definition) is 1. The second-order valence-corrected chi connectivity index (χ2v) is 5.70. The first-order valence-electron chi connectivity index (χ1n) is 7.18. The zero-order valence-electron chi connectivity index (χ0n) is 13.7. The molecule has 5 nitrogen and oxygen atoms in total. The van der Waals surface area contributed by atoms with Gasteiger partial charge in [-0.15, -0.1) is 0 Å². The summed E-state index contributed by atoms with van der Waals surface area (Å²) >= 11 is 0. The number of nitrogens with zero attached hydrogens (tertiary/aromatic N) is 2. The smallest absolute Gasteiger partial charge is 0.335 e. The van der Waals surface area contributed by atoms with Crippen molar-refractivity contribution >= 4 is 23.1 Å². The van der Waals surface area contributed by atoms with Crippen molar-refractivity contribution in [3.8, 4) is 0 Å². The maximum Gasteiger partial charge on any atom is 0.335 e. The molecule has 0 unspecified atom stereocenters. The molecule has 0 amide bonds. The molecule has 0 bridgehead atoms. The highest BCUT2D eigenvalue weighted by atomic mass is 16.4. The van der Waals surface area contributed by atoms with Gasteiger partial charge < -0.3 is 14.9 Å². The molecule has 2 rings (SSSR count). The minimum absolute atomic E-state index is 0.130. The molecule has 0 heterocycles. The maximum atomic E-state index is 12.8. The lowest BCUT2D eigenvalue weighted by Crippen LogP contribution is -2.16. The van der Waals surface area contributed by atoms with Crippen LogP contribution < -0.4 is 9.80 Å². The third kappa shape index (κ3) is 3.51. The summed E-state index contributed by atoms with van der Waals surface area (Å²) in [5, 5.41) is 8.95. The summed E-state index contributed by atoms with van der Waals surface area (Å²) in [5.41, 5.74) is 2.97. The highest BCUT2D eigenvalue weighted by Crippen LogP contribution is 2.26. The lowest BCUT2D eigenvalue weighted by molar-refractivity contribution is 0.0696. The number of carboxylic acids is 1. The van der Waals surface area contributed by atoms with Gasteiger partial charge in [0.25, 0.3) is 0 Å². The summed E-state index contributed by atoms with van der Waals surface area (Å²) in [4.78, 5) is 27.6. The third-order valence-corrected chi connectivity index (χ3v) is 3.62. The number of benzene rings is 2. The van der Waals surface area contributed by atoms with Crippen molar-refractivity contribution in [1.29, 1.82) is 0 Å². The molecular formula is C18H20N2O3. The van der Waals surface area contributed by atoms with Crippen LogP contribution in [0.2, 0.25) is 0 Å². The average molecular weight is 312 g/mol. The molecule has 2 aromatic carbocycles. The fourth-order valence-electron chi connectivity index (χ4n) is 2.29. The van der Waals surface area contributed by atoms with E-state index in [0.717, 1.165) is 11.4 Å². The number of hydrogen-bond acceptors (Lipinski definition) is 4. The van der Waals surface area contributed by atoms with Crippen LogP contribution in [0, 0.1) is 0 Å². The fourth-order valence-corrected chi connectivity index (χ4v) is 2.29. The van der Waals surface area contributed by atoms with Crippen LogP contribution in [0.4, 0.5) is 11.4 Å². The quantitative estimate of drug-likeness (QED) is 0.860. The first-order valence-corrected chi connectivity index (χ1v) is 7.18. The van der Waals surface area contributed by atoms with E-state index < -0.39 is 5.97 Å². The summed E-state index contributed by atoms with van der Waals surface area (Å²) in [6, 6.07) is 11.7. The highest BCUT2D eigenvalue weighted by Gasteiger charge is 2.17. The number of carboxylic acid groups (broad SMARTS) is 1. The Balaban J connectivity index is 2.48. The van der Waals surface area contributed by atoms with Crippen LogP contribution >= 0.6 is 0 Å². The van der Waals surface area contributed by atoms with Crippen molar-refractivity contribution in [2.75, 3.05) is 38.0 Å². The van der Waals surface area contributed by atoms with Crippen molar-refractivity contribution in [2.45, 2.75) is 0 Å². The minimum Gasteiger partial charge on any atom is -0.478 e. The largest absolute Gasteiger partial charge is 0.478 e. The summed E-state index contributed by atoms with van der Waals surface area (Å²) in [7, 11) is 7.60. The highest BCUT2D eigenvalue weighted by molar-refractivity contribution is 6.13. The number of anilines is 2. The van der Waals surface area contributed by atoms with Crippen LogP contribution in [0.1, 0.15) is 26.3 Å². The van der Waals surface area contributed by atoms with Gasteiger partial charge in [0, 0.05) is 50.7 Å². The standard InChI is InChI=1S/C18H20N2O3/c1-19(2)14-9-10-16(20(3)4)15(11-14)17(21)12-5-7-13(8-6-12)18(22)23/h5-11H,1-4H3,(H,22,23). The molecule has 0 aliphatic rings. The summed E-state index contributed by atoms with van der Waals surface area (Å²) < 4.78 is 0. The number of ketones is 1. The lowest BCUT2D eigenvalue weighted by Gasteiger charge is -2.20. The number of aromatic carboxylic acids is 1. The number of carbonyl (C=O) groups is 2. The van der Waals surface area contributed by atoms with Crippen LogP contribution in [0.3, 0.4) is 0 Å². The van der Waals surface area contributed by atoms with Gasteiger partial charge in [-0.05, 0) is 30.3 Å². The predicted molar refractivity (Wildman–Crippen MR) is 91.9 cm³/mol. The van der Waals surface area contributed by atoms with Gasteiger partial charge in [-0.2, -0.15) is 0 Å². The lowest BCUT2D eigenvalue weighted by atomic mass is 9.99. The molecule has 0 aromatic heterocycles. The first-order chi connectivity index (χ1) is 10.8. The van der Waals surface area contributed by atoms with Gasteiger partial charge in [0.2, 0.25) is 0 Å². The van der Waals surface area contributed by atoms with E-state index in [9.17, 15) is 9.59 Å². The van der Waals surface area contributed by atoms with Crippen molar-refractivity contribution in [1.82, 2.24) is 0 Å². The predicted octanol–water partition coefficient (Wildman–Crippen LogP) is 2.75. The van der Waals surface area contributed by atoms with E-state index in [2.05, 4.69) is 0 Å². The van der Waals surface area contributed by atoms with Crippen LogP contribution in [0.15, 0.2) is 42.5 Å². The van der Waals surface area contributed by atoms with E-state index in [4.69, 9.17) is 5.11 Å². The maximum absolute atomic E-state index is 12.8. The Labute approximate surface area is 135 Å². The second kappa shape index (κ2) is 6.52. The summed E-state index contributed by atoms with van der Waals surface area (Å²) in [5.74, 6) is -1.14. The molecule has 0 radical (unpaired) electrons. The van der Waals surface area contributed by atoms with E-state index in [-0.39, 0.29) is 11.3 Å². The summed E-state index contributed by atoms with van der Waals surface area (Å²) in [6.07, 6.45) is 0. The Kier molecular flexibility index (Phi) is 4.69. The SMILES string of the molecule is CN(C)c1ccc(N(C)C)c(C(=O)c2ccc(C(=O)O)cc2)c1. The summed E-state index contributed by atoms with van der Waals surface area (Å²) in [6.45, 7) is 0. The first kappa shape index (κ1) is 16.5. The Morgan fingerprint density at radius 1 is 0.826 bits per heavy atom. The van der Waals surface area contributed by atoms with Crippen molar-refractivity contribution in [3.05, 3.63) is 59.2 Å². The molecule has 1 N–H and O–H groups in total. The van der Waals surface area contributed by atoms with Crippen molar-refractivity contribution < 1.29 is 14.7 Å². The molecule has 0 atom stereocenters. The van der Waals surface area contributed by atoms with E-state index in [1.807, 2.05) is 56.2 Å². The average Bonchev–Trinajstić information content (AvgIpc) is 2.53. The van der Waals surface area contributed by atoms with E-state index in [0.29, 0.717) is 11.1 Å². The fraction of sp³-hybridized carbons (Fsp3) is 0.222. The normalized spacial score (nSPS) is 10.3. The van der Waals surface area contributed by atoms with Gasteiger partial charge in [0.1, 0.15) is 0 Å². The third-order valence-electron chi connectivity index (χ3n) is 3.62. The van der Waals surface area contributed by atoms with Crippen LogP contribution in [-0.2, 0) is 0 Å². The van der Waals surface area contributed by atoms with Gasteiger partial charge in [-0.3, -0.25) is 4.79 Å². The Bertz CT molecular complexity index is 734. The van der Waals surface area contributed by atoms with Gasteiger partial charge in [-0.1, -0.05) is 12.1 Å². The van der Waals surface area contributed by atoms with E-state index in [1.165, 1.54) is 12.1 Å². The molecule has 0 saturated heterocycles. The van der Waals surface area contributed by atoms with Gasteiger partial charge in [0.05, 0.1) is 5.56 Å². The molecule has 0 saturated carbocycles. The minimum atomic E-state index is -1.01. The van der Waals surface area contributed by atoms with Crippen LogP contribution in [0.5, 0.6) is 0 Å². The molecule has 0 fully saturated rings. The topological polar surface area (TPSA) is 60.9 Å². The molecule has 2 aromatic rings. The molecule has 0 aliphatic carbocycles. The Hall–Kier alpha value is -2.82. The van der Waals surface area contributed by atoms with Crippen LogP contribution in [0.25, 0.3) is 0 Å². The molecule has 5 heteroatoms. The zero-order valence-corrected chi connectivity index (χ0v) is 13.7. The molecule has 0 aliphatic heterocycles. The van der Waals surface area contributed by atoms with Crippen molar-refractivity contribution in [2.24, 2.45) is 0 Å². The van der Waals surface area contributed by atoms with Crippen LogP contribution in [-0.4, -0.2) is 45.0 Å². The van der Waals surface area contributed by atoms with Gasteiger partial charge >= 0.3 is 5.97 Å². The molecular weight excluding hydrogens is 292 g/mol. The van der Waals surface area contributed by atoms with Crippen molar-refractivity contribution in [3.63, 3.8) is 0 Å². The number of carbonyl (C=O) groups excluding carboxylic acids is 1. The molecule has 23 heavy (non-hydrogen) atoms. The Morgan fingerprint density at radius 2 is 1.39 bits per heavy atom. The van der Waals surface area contributed by atoms with Gasteiger partial charge in [0.15, 0.2) is 5.78 Å². The zero-order chi connectivity index (χ0) is 17.1.